The molecular weight excluding hydrogens is 708 g/mol. The summed E-state index contributed by atoms with van der Waals surface area (Å²) in [6.45, 7) is -0.373. The largest absolute Gasteiger partial charge is 0.497 e. The van der Waals surface area contributed by atoms with Crippen LogP contribution in [0.2, 0.25) is 0 Å². The highest BCUT2D eigenvalue weighted by molar-refractivity contribution is 5.98. The fourth-order valence-electron chi connectivity index (χ4n) is 5.36. The van der Waals surface area contributed by atoms with Crippen molar-refractivity contribution in [3.8, 4) is 5.75 Å². The van der Waals surface area contributed by atoms with Gasteiger partial charge in [-0.25, -0.2) is 4.39 Å². The first-order valence-electron chi connectivity index (χ1n) is 17.2. The molecule has 1 aliphatic heterocycles. The van der Waals surface area contributed by atoms with Crippen LogP contribution in [0.4, 0.5) is 4.39 Å². The predicted molar refractivity (Wildman–Crippen MR) is 192 cm³/mol. The third kappa shape index (κ3) is 14.4. The van der Waals surface area contributed by atoms with Gasteiger partial charge < -0.3 is 53.2 Å². The van der Waals surface area contributed by atoms with Gasteiger partial charge in [-0.1, -0.05) is 12.1 Å². The number of amides is 6. The summed E-state index contributed by atoms with van der Waals surface area (Å²) >= 11 is 0. The van der Waals surface area contributed by atoms with Crippen LogP contribution < -0.4 is 48.1 Å². The summed E-state index contributed by atoms with van der Waals surface area (Å²) in [4.78, 5) is 95.2. The summed E-state index contributed by atoms with van der Waals surface area (Å²) in [5.74, 6) is -6.22. The molecule has 0 spiro atoms. The van der Waals surface area contributed by atoms with Gasteiger partial charge in [0, 0.05) is 25.1 Å². The van der Waals surface area contributed by atoms with Crippen molar-refractivity contribution < 1.29 is 47.8 Å². The van der Waals surface area contributed by atoms with E-state index < -0.39 is 84.4 Å². The zero-order valence-corrected chi connectivity index (χ0v) is 29.7. The highest BCUT2D eigenvalue weighted by atomic mass is 18.2. The van der Waals surface area contributed by atoms with Crippen molar-refractivity contribution in [2.75, 3.05) is 26.7 Å². The van der Waals surface area contributed by atoms with Gasteiger partial charge in [0.05, 0.1) is 20.1 Å². The Morgan fingerprint density at radius 1 is 0.815 bits per heavy atom. The second kappa shape index (κ2) is 21.3. The number of ether oxygens (including phenoxy) is 1. The van der Waals surface area contributed by atoms with E-state index in [1.807, 2.05) is 0 Å². The number of hydrogen-bond acceptors (Lipinski definition) is 9. The quantitative estimate of drug-likeness (QED) is 0.0578. The minimum atomic E-state index is -1.63. The van der Waals surface area contributed by atoms with Gasteiger partial charge in [-0.3, -0.25) is 38.6 Å². The Hall–Kier alpha value is -6.27. The monoisotopic (exact) mass is 754 g/mol. The molecule has 1 aliphatic rings. The fraction of sp³-hybridized carbons (Fsp3) is 0.429. The lowest BCUT2D eigenvalue weighted by molar-refractivity contribution is -0.141. The SMILES string of the molecule is COc1ccc(C[C@@H]2NC(=O)[C@H](CC(=O)O)NC(=O)CNC(=O)[C@H](CCCN=C(N)N)NC(=O)[C@H](CCCCNC(=O)c3ccc([18F])cc3)NC2=O)cc1. The predicted octanol–water partition coefficient (Wildman–Crippen LogP) is -1.43. The summed E-state index contributed by atoms with van der Waals surface area (Å²) in [6, 6.07) is 6.11. The Kier molecular flexibility index (Phi) is 16.6. The first kappa shape index (κ1) is 42.1. The maximum atomic E-state index is 13.9. The second-order valence-corrected chi connectivity index (χ2v) is 12.4. The van der Waals surface area contributed by atoms with Gasteiger partial charge in [0.2, 0.25) is 29.5 Å². The van der Waals surface area contributed by atoms with Gasteiger partial charge in [0.1, 0.15) is 35.7 Å². The van der Waals surface area contributed by atoms with Crippen LogP contribution in [-0.4, -0.2) is 103 Å². The average Bonchev–Trinajstić information content (AvgIpc) is 3.13. The van der Waals surface area contributed by atoms with E-state index in [2.05, 4.69) is 36.9 Å². The Morgan fingerprint density at radius 2 is 1.41 bits per heavy atom. The third-order valence-corrected chi connectivity index (χ3v) is 8.21. The molecule has 0 radical (unpaired) electrons. The van der Waals surface area contributed by atoms with E-state index in [0.717, 1.165) is 12.1 Å². The lowest BCUT2D eigenvalue weighted by Crippen LogP contribution is -2.58. The van der Waals surface area contributed by atoms with Crippen LogP contribution in [0.1, 0.15) is 54.4 Å². The smallest absolute Gasteiger partial charge is 0.305 e. The Balaban J connectivity index is 1.89. The van der Waals surface area contributed by atoms with Crippen molar-refractivity contribution >= 4 is 47.4 Å². The number of hydrogen-bond donors (Lipinski definition) is 9. The molecule has 54 heavy (non-hydrogen) atoms. The molecule has 18 nitrogen and oxygen atoms in total. The van der Waals surface area contributed by atoms with Crippen molar-refractivity contribution in [3.05, 3.63) is 65.5 Å². The van der Waals surface area contributed by atoms with Crippen molar-refractivity contribution in [1.82, 2.24) is 31.9 Å². The van der Waals surface area contributed by atoms with Gasteiger partial charge >= 0.3 is 5.97 Å². The molecule has 6 amide bonds. The molecule has 19 heteroatoms. The minimum Gasteiger partial charge on any atom is -0.497 e. The molecule has 292 valence electrons. The molecule has 0 saturated carbocycles. The van der Waals surface area contributed by atoms with Crippen molar-refractivity contribution in [3.63, 3.8) is 0 Å². The molecule has 2 aromatic rings. The molecule has 1 fully saturated rings. The van der Waals surface area contributed by atoms with E-state index in [1.165, 1.54) is 19.2 Å². The van der Waals surface area contributed by atoms with E-state index in [1.54, 1.807) is 24.3 Å². The molecule has 2 aromatic carbocycles. The van der Waals surface area contributed by atoms with Crippen LogP contribution in [0.15, 0.2) is 53.5 Å². The minimum absolute atomic E-state index is 0.0217. The lowest BCUT2D eigenvalue weighted by atomic mass is 10.0. The fourth-order valence-corrected chi connectivity index (χ4v) is 5.36. The average molecular weight is 755 g/mol. The number of aliphatic carboxylic acids is 1. The van der Waals surface area contributed by atoms with Crippen LogP contribution >= 0.6 is 0 Å². The van der Waals surface area contributed by atoms with Crippen molar-refractivity contribution in [1.29, 1.82) is 0 Å². The molecule has 0 bridgehead atoms. The van der Waals surface area contributed by atoms with E-state index in [-0.39, 0.29) is 56.7 Å². The van der Waals surface area contributed by atoms with E-state index in [4.69, 9.17) is 16.2 Å². The molecule has 0 aliphatic carbocycles. The summed E-state index contributed by atoms with van der Waals surface area (Å²) in [5, 5.41) is 24.7. The molecule has 1 saturated heterocycles. The number of methoxy groups -OCH3 is 1. The number of carboxylic acid groups (broad SMARTS) is 1. The zero-order valence-electron chi connectivity index (χ0n) is 29.7. The standard InChI is InChI=1S/C35H46FN9O9/c1-54-23-13-7-20(8-14-23)17-26-33(52)44-25(5-2-3-15-39-30(49)21-9-11-22(36)12-10-21)32(51)43-24(6-4-16-40-35(37)38)31(50)41-19-28(46)42-27(18-29(47)48)34(53)45-26/h7-14,24-27H,2-6,15-19H2,1H3,(H,39,49)(H,41,50)(H,42,46)(H,43,51)(H,44,52)(H,45,53)(H,47,48)(H4,37,38,40)/t24-,25-,26-,27-/m0/s1/i36-1. The third-order valence-electron chi connectivity index (χ3n) is 8.21. The number of rotatable bonds is 15. The summed E-state index contributed by atoms with van der Waals surface area (Å²) < 4.78 is 18.4. The Labute approximate surface area is 310 Å². The van der Waals surface area contributed by atoms with Crippen LogP contribution in [0.5, 0.6) is 5.75 Å². The first-order valence-corrected chi connectivity index (χ1v) is 17.2. The Bertz CT molecular complexity index is 1670. The second-order valence-electron chi connectivity index (χ2n) is 12.4. The van der Waals surface area contributed by atoms with E-state index in [0.29, 0.717) is 17.7 Å². The summed E-state index contributed by atoms with van der Waals surface area (Å²) in [6.07, 6.45) is -0.0201. The lowest BCUT2D eigenvalue weighted by Gasteiger charge is -2.26. The number of nitrogens with two attached hydrogens (primary N) is 2. The molecule has 0 unspecified atom stereocenters. The zero-order chi connectivity index (χ0) is 39.6. The van der Waals surface area contributed by atoms with Gasteiger partial charge in [-0.15, -0.1) is 0 Å². The highest BCUT2D eigenvalue weighted by Crippen LogP contribution is 2.14. The van der Waals surface area contributed by atoms with Crippen LogP contribution in [0, 0.1) is 5.82 Å². The number of nitrogens with zero attached hydrogens (tertiary/aromatic N) is 1. The topological polar surface area (TPSA) is 286 Å². The molecular formula is C35H46FN9O9. The number of halogens is 1. The van der Waals surface area contributed by atoms with E-state index >= 15 is 0 Å². The normalized spacial score (nSPS) is 19.7. The number of benzene rings is 2. The molecule has 0 aromatic heterocycles. The van der Waals surface area contributed by atoms with Crippen LogP contribution in [0.3, 0.4) is 0 Å². The maximum Gasteiger partial charge on any atom is 0.305 e. The van der Waals surface area contributed by atoms with Crippen molar-refractivity contribution in [2.45, 2.75) is 69.1 Å². The molecule has 3 rings (SSSR count). The van der Waals surface area contributed by atoms with Crippen LogP contribution in [0.25, 0.3) is 0 Å². The van der Waals surface area contributed by atoms with Crippen molar-refractivity contribution in [2.24, 2.45) is 16.5 Å². The Morgan fingerprint density at radius 3 is 2.04 bits per heavy atom. The number of unbranched alkanes of at least 4 members (excludes halogenated alkanes) is 1. The van der Waals surface area contributed by atoms with Gasteiger partial charge in [-0.2, -0.15) is 0 Å². The van der Waals surface area contributed by atoms with Gasteiger partial charge in [0.15, 0.2) is 5.96 Å². The summed E-state index contributed by atoms with van der Waals surface area (Å²) in [7, 11) is 1.47. The number of nitrogens with one attached hydrogen (secondary N) is 6. The highest BCUT2D eigenvalue weighted by Gasteiger charge is 2.33. The maximum absolute atomic E-state index is 13.9. The first-order chi connectivity index (χ1) is 25.7. The number of aliphatic imine (C=N–C) groups is 1. The number of guanidine groups is 1. The van der Waals surface area contributed by atoms with E-state index in [9.17, 15) is 43.1 Å². The molecule has 4 atom stereocenters. The summed E-state index contributed by atoms with van der Waals surface area (Å²) in [5.41, 5.74) is 11.6. The number of carbonyl (C=O) groups is 7. The molecule has 11 N–H and O–H groups in total. The molecule has 1 heterocycles. The van der Waals surface area contributed by atoms with Gasteiger partial charge in [0.25, 0.3) is 5.91 Å². The van der Waals surface area contributed by atoms with Crippen LogP contribution in [-0.2, 0) is 35.2 Å². The van der Waals surface area contributed by atoms with Gasteiger partial charge in [-0.05, 0) is 74.1 Å². The number of carboxylic acids is 1. The number of carbonyl (C=O) groups excluding carboxylic acids is 6.